The van der Waals surface area contributed by atoms with Crippen molar-refractivity contribution < 1.29 is 14.3 Å². The Morgan fingerprint density at radius 1 is 1.03 bits per heavy atom. The molecule has 4 aromatic rings. The lowest BCUT2D eigenvalue weighted by molar-refractivity contribution is 0.0961. The first-order valence-electron chi connectivity index (χ1n) is 9.91. The molecule has 0 radical (unpaired) electrons. The largest absolute Gasteiger partial charge is 0.497 e. The first-order chi connectivity index (χ1) is 15.5. The zero-order valence-corrected chi connectivity index (χ0v) is 18.7. The van der Waals surface area contributed by atoms with E-state index in [2.05, 4.69) is 20.9 Å². The van der Waals surface area contributed by atoms with E-state index in [0.29, 0.717) is 28.4 Å². The third kappa shape index (κ3) is 4.26. The van der Waals surface area contributed by atoms with Crippen LogP contribution in [0, 0.1) is 6.92 Å². The van der Waals surface area contributed by atoms with Gasteiger partial charge in [0.15, 0.2) is 5.82 Å². The highest BCUT2D eigenvalue weighted by molar-refractivity contribution is 7.17. The molecule has 0 saturated carbocycles. The number of carbonyl (C=O) groups is 2. The van der Waals surface area contributed by atoms with Gasteiger partial charge in [-0.3, -0.25) is 9.59 Å². The van der Waals surface area contributed by atoms with Crippen LogP contribution in [0.5, 0.6) is 5.75 Å². The number of fused-ring (bicyclic) bond motifs is 1. The standard InChI is InChI=1S/C24H22N4O3S/c1-14-6-4-5-7-19(14)27-22-20(10-15(12-26-22)23(29)25-2)28-24(30)18-13-32-21-9-8-16(31-3)11-17(18)21/h4-13H,1-3H3,(H,25,29)(H,26,27)(H,28,30). The fraction of sp³-hybridized carbons (Fsp3) is 0.125. The number of carbonyl (C=O) groups excluding carboxylic acids is 2. The van der Waals surface area contributed by atoms with Crippen LogP contribution in [0.1, 0.15) is 26.3 Å². The molecule has 7 nitrogen and oxygen atoms in total. The number of benzene rings is 2. The van der Waals surface area contributed by atoms with Crippen molar-refractivity contribution in [3.63, 3.8) is 0 Å². The van der Waals surface area contributed by atoms with Crippen LogP contribution in [-0.2, 0) is 0 Å². The van der Waals surface area contributed by atoms with E-state index in [4.69, 9.17) is 4.74 Å². The van der Waals surface area contributed by atoms with Gasteiger partial charge in [-0.15, -0.1) is 11.3 Å². The average molecular weight is 447 g/mol. The molecule has 4 rings (SSSR count). The van der Waals surface area contributed by atoms with Gasteiger partial charge in [-0.25, -0.2) is 4.98 Å². The Bertz CT molecular complexity index is 1320. The summed E-state index contributed by atoms with van der Waals surface area (Å²) >= 11 is 1.48. The quantitative estimate of drug-likeness (QED) is 0.389. The minimum absolute atomic E-state index is 0.291. The number of ether oxygens (including phenoxy) is 1. The fourth-order valence-corrected chi connectivity index (χ4v) is 4.19. The molecule has 162 valence electrons. The van der Waals surface area contributed by atoms with E-state index in [1.54, 1.807) is 20.2 Å². The van der Waals surface area contributed by atoms with Gasteiger partial charge < -0.3 is 20.7 Å². The van der Waals surface area contributed by atoms with Crippen molar-refractivity contribution in [1.82, 2.24) is 10.3 Å². The summed E-state index contributed by atoms with van der Waals surface area (Å²) < 4.78 is 6.28. The predicted molar refractivity (Wildman–Crippen MR) is 128 cm³/mol. The predicted octanol–water partition coefficient (Wildman–Crippen LogP) is 4.97. The molecule has 2 amide bonds. The Kier molecular flexibility index (Phi) is 6.04. The van der Waals surface area contributed by atoms with Crippen molar-refractivity contribution in [2.75, 3.05) is 24.8 Å². The number of nitrogens with zero attached hydrogens (tertiary/aromatic N) is 1. The normalized spacial score (nSPS) is 10.6. The summed E-state index contributed by atoms with van der Waals surface area (Å²) in [7, 11) is 3.14. The van der Waals surface area contributed by atoms with Crippen molar-refractivity contribution >= 4 is 50.4 Å². The molecule has 2 heterocycles. The summed E-state index contributed by atoms with van der Waals surface area (Å²) in [6.07, 6.45) is 1.47. The smallest absolute Gasteiger partial charge is 0.257 e. The molecular formula is C24H22N4O3S. The number of anilines is 3. The number of nitrogens with one attached hydrogen (secondary N) is 3. The highest BCUT2D eigenvalue weighted by Crippen LogP contribution is 2.31. The van der Waals surface area contributed by atoms with Crippen LogP contribution in [-0.4, -0.2) is 31.0 Å². The molecule has 32 heavy (non-hydrogen) atoms. The SMILES string of the molecule is CNC(=O)c1cnc(Nc2ccccc2C)c(NC(=O)c2csc3ccc(OC)cc23)c1. The van der Waals surface area contributed by atoms with Gasteiger partial charge in [0.1, 0.15) is 5.75 Å². The third-order valence-electron chi connectivity index (χ3n) is 5.05. The van der Waals surface area contributed by atoms with Gasteiger partial charge in [0.05, 0.1) is 23.9 Å². The molecule has 0 unspecified atom stereocenters. The molecule has 0 aliphatic carbocycles. The van der Waals surface area contributed by atoms with Crippen molar-refractivity contribution in [2.45, 2.75) is 6.92 Å². The van der Waals surface area contributed by atoms with Gasteiger partial charge in [0.2, 0.25) is 0 Å². The summed E-state index contributed by atoms with van der Waals surface area (Å²) in [4.78, 5) is 29.8. The van der Waals surface area contributed by atoms with Crippen LogP contribution in [0.4, 0.5) is 17.2 Å². The summed E-state index contributed by atoms with van der Waals surface area (Å²) in [5.74, 6) is 0.530. The van der Waals surface area contributed by atoms with Crippen molar-refractivity contribution in [3.8, 4) is 5.75 Å². The highest BCUT2D eigenvalue weighted by Gasteiger charge is 2.17. The zero-order valence-electron chi connectivity index (χ0n) is 17.9. The number of aryl methyl sites for hydroxylation is 1. The van der Waals surface area contributed by atoms with Crippen molar-refractivity contribution in [3.05, 3.63) is 76.8 Å². The summed E-state index contributed by atoms with van der Waals surface area (Å²) in [6, 6.07) is 15.0. The van der Waals surface area contributed by atoms with Crippen LogP contribution in [0.15, 0.2) is 60.1 Å². The van der Waals surface area contributed by atoms with Crippen molar-refractivity contribution in [1.29, 1.82) is 0 Å². The number of amides is 2. The minimum atomic E-state index is -0.298. The molecular weight excluding hydrogens is 424 g/mol. The van der Waals surface area contributed by atoms with Crippen LogP contribution in [0.25, 0.3) is 10.1 Å². The molecule has 0 spiro atoms. The van der Waals surface area contributed by atoms with Crippen LogP contribution >= 0.6 is 11.3 Å². The molecule has 0 saturated heterocycles. The van der Waals surface area contributed by atoms with Gasteiger partial charge in [0.25, 0.3) is 11.8 Å². The summed E-state index contributed by atoms with van der Waals surface area (Å²) in [6.45, 7) is 1.98. The highest BCUT2D eigenvalue weighted by atomic mass is 32.1. The first-order valence-corrected chi connectivity index (χ1v) is 10.8. The first kappa shape index (κ1) is 21.3. The Balaban J connectivity index is 1.71. The molecule has 8 heteroatoms. The van der Waals surface area contributed by atoms with Gasteiger partial charge >= 0.3 is 0 Å². The van der Waals surface area contributed by atoms with Gasteiger partial charge in [-0.2, -0.15) is 0 Å². The molecule has 0 aliphatic heterocycles. The van der Waals surface area contributed by atoms with E-state index in [9.17, 15) is 9.59 Å². The molecule has 3 N–H and O–H groups in total. The lowest BCUT2D eigenvalue weighted by Crippen LogP contribution is -2.19. The van der Waals surface area contributed by atoms with Gasteiger partial charge in [-0.05, 0) is 42.8 Å². The zero-order chi connectivity index (χ0) is 22.7. The lowest BCUT2D eigenvalue weighted by atomic mass is 10.1. The molecule has 2 aromatic heterocycles. The van der Waals surface area contributed by atoms with Gasteiger partial charge in [0, 0.05) is 34.4 Å². The molecule has 0 atom stereocenters. The van der Waals surface area contributed by atoms with E-state index in [-0.39, 0.29) is 11.8 Å². The minimum Gasteiger partial charge on any atom is -0.497 e. The fourth-order valence-electron chi connectivity index (χ4n) is 3.27. The second-order valence-corrected chi connectivity index (χ2v) is 8.02. The number of hydrogen-bond acceptors (Lipinski definition) is 6. The van der Waals surface area contributed by atoms with Crippen LogP contribution in [0.2, 0.25) is 0 Å². The number of aromatic nitrogens is 1. The number of thiophene rings is 1. The van der Waals surface area contributed by atoms with E-state index in [1.165, 1.54) is 17.5 Å². The maximum Gasteiger partial charge on any atom is 0.257 e. The molecule has 0 fully saturated rings. The van der Waals surface area contributed by atoms with E-state index < -0.39 is 0 Å². The molecule has 0 aliphatic rings. The topological polar surface area (TPSA) is 92.4 Å². The summed E-state index contributed by atoms with van der Waals surface area (Å²) in [5.41, 5.74) is 3.15. The molecule has 2 aromatic carbocycles. The number of pyridine rings is 1. The number of para-hydroxylation sites is 1. The van der Waals surface area contributed by atoms with Crippen molar-refractivity contribution in [2.24, 2.45) is 0 Å². The average Bonchev–Trinajstić information content (AvgIpc) is 3.24. The number of hydrogen-bond donors (Lipinski definition) is 3. The molecule has 0 bridgehead atoms. The lowest BCUT2D eigenvalue weighted by Gasteiger charge is -2.15. The Labute approximate surface area is 189 Å². The maximum absolute atomic E-state index is 13.2. The second kappa shape index (κ2) is 9.07. The Hall–Kier alpha value is -3.91. The number of rotatable bonds is 6. The Morgan fingerprint density at radius 2 is 1.84 bits per heavy atom. The van der Waals surface area contributed by atoms with E-state index in [1.807, 2.05) is 54.8 Å². The second-order valence-electron chi connectivity index (χ2n) is 7.10. The van der Waals surface area contributed by atoms with Crippen LogP contribution in [0.3, 0.4) is 0 Å². The third-order valence-corrected chi connectivity index (χ3v) is 6.01. The monoisotopic (exact) mass is 446 g/mol. The Morgan fingerprint density at radius 3 is 2.59 bits per heavy atom. The summed E-state index contributed by atoms with van der Waals surface area (Å²) in [5, 5.41) is 11.4. The van der Waals surface area contributed by atoms with E-state index >= 15 is 0 Å². The van der Waals surface area contributed by atoms with Crippen LogP contribution < -0.4 is 20.7 Å². The number of methoxy groups -OCH3 is 1. The van der Waals surface area contributed by atoms with Gasteiger partial charge in [-0.1, -0.05) is 18.2 Å². The maximum atomic E-state index is 13.2. The van der Waals surface area contributed by atoms with E-state index in [0.717, 1.165) is 21.3 Å².